The minimum absolute atomic E-state index is 0. The van der Waals surface area contributed by atoms with Crippen LogP contribution in [0.15, 0.2) is 34.7 Å². The SMILES string of the molecule is CCN(C(=O)CNC)C(C)c1cc2ccccc2o1.Cl. The van der Waals surface area contributed by atoms with E-state index in [4.69, 9.17) is 4.42 Å². The van der Waals surface area contributed by atoms with Gasteiger partial charge in [0.05, 0.1) is 12.6 Å². The van der Waals surface area contributed by atoms with Crippen LogP contribution in [-0.4, -0.2) is 30.9 Å². The van der Waals surface area contributed by atoms with E-state index in [0.29, 0.717) is 13.1 Å². The number of nitrogens with zero attached hydrogens (tertiary/aromatic N) is 1. The molecule has 1 atom stereocenters. The van der Waals surface area contributed by atoms with Gasteiger partial charge < -0.3 is 14.6 Å². The van der Waals surface area contributed by atoms with E-state index in [1.165, 1.54) is 0 Å². The number of nitrogens with one attached hydrogen (secondary N) is 1. The molecule has 1 N–H and O–H groups in total. The molecular weight excluding hydrogens is 276 g/mol. The fourth-order valence-corrected chi connectivity index (χ4v) is 2.28. The van der Waals surface area contributed by atoms with Gasteiger partial charge in [-0.2, -0.15) is 0 Å². The maximum absolute atomic E-state index is 12.0. The number of halogens is 1. The summed E-state index contributed by atoms with van der Waals surface area (Å²) in [6.07, 6.45) is 0. The van der Waals surface area contributed by atoms with Gasteiger partial charge in [0.2, 0.25) is 5.91 Å². The predicted molar refractivity (Wildman–Crippen MR) is 83.2 cm³/mol. The third-order valence-electron chi connectivity index (χ3n) is 3.31. The molecular formula is C15H21ClN2O2. The number of likely N-dealkylation sites (N-methyl/N-ethyl adjacent to an activating group) is 2. The van der Waals surface area contributed by atoms with Gasteiger partial charge in [0, 0.05) is 11.9 Å². The molecule has 0 saturated carbocycles. The predicted octanol–water partition coefficient (Wildman–Crippen LogP) is 2.98. The lowest BCUT2D eigenvalue weighted by atomic mass is 10.2. The second-order valence-electron chi connectivity index (χ2n) is 4.57. The molecule has 0 aliphatic rings. The zero-order valence-electron chi connectivity index (χ0n) is 12.1. The molecule has 110 valence electrons. The van der Waals surface area contributed by atoms with E-state index in [1.54, 1.807) is 7.05 Å². The number of para-hydroxylation sites is 1. The lowest BCUT2D eigenvalue weighted by molar-refractivity contribution is -0.132. The van der Waals surface area contributed by atoms with Crippen molar-refractivity contribution < 1.29 is 9.21 Å². The number of carbonyl (C=O) groups is 1. The van der Waals surface area contributed by atoms with Crippen LogP contribution in [0.5, 0.6) is 0 Å². The molecule has 4 nitrogen and oxygen atoms in total. The van der Waals surface area contributed by atoms with Crippen LogP contribution in [0.4, 0.5) is 0 Å². The fraction of sp³-hybridized carbons (Fsp3) is 0.400. The number of benzene rings is 1. The highest BCUT2D eigenvalue weighted by Gasteiger charge is 2.22. The molecule has 20 heavy (non-hydrogen) atoms. The molecule has 2 rings (SSSR count). The number of fused-ring (bicyclic) bond motifs is 1. The summed E-state index contributed by atoms with van der Waals surface area (Å²) in [5.41, 5.74) is 0.862. The first kappa shape index (κ1) is 16.5. The summed E-state index contributed by atoms with van der Waals surface area (Å²) in [6.45, 7) is 4.98. The van der Waals surface area contributed by atoms with Crippen molar-refractivity contribution in [3.8, 4) is 0 Å². The Morgan fingerprint density at radius 1 is 1.40 bits per heavy atom. The van der Waals surface area contributed by atoms with Crippen molar-refractivity contribution in [3.05, 3.63) is 36.1 Å². The van der Waals surface area contributed by atoms with Crippen molar-refractivity contribution in [3.63, 3.8) is 0 Å². The molecule has 0 fully saturated rings. The Kier molecular flexibility index (Phi) is 6.05. The number of carbonyl (C=O) groups excluding carboxylic acids is 1. The summed E-state index contributed by atoms with van der Waals surface area (Å²) < 4.78 is 5.83. The third-order valence-corrected chi connectivity index (χ3v) is 3.31. The Balaban J connectivity index is 0.00000200. The highest BCUT2D eigenvalue weighted by atomic mass is 35.5. The van der Waals surface area contributed by atoms with Gasteiger partial charge in [-0.15, -0.1) is 12.4 Å². The monoisotopic (exact) mass is 296 g/mol. The summed E-state index contributed by atoms with van der Waals surface area (Å²) in [4.78, 5) is 13.8. The number of hydrogen-bond acceptors (Lipinski definition) is 3. The summed E-state index contributed by atoms with van der Waals surface area (Å²) in [5, 5.41) is 3.96. The van der Waals surface area contributed by atoms with Crippen molar-refractivity contribution in [2.24, 2.45) is 0 Å². The van der Waals surface area contributed by atoms with E-state index in [-0.39, 0.29) is 24.4 Å². The molecule has 0 saturated heterocycles. The molecule has 0 radical (unpaired) electrons. The standard InChI is InChI=1S/C15H20N2O2.ClH/c1-4-17(15(18)10-16-3)11(2)14-9-12-7-5-6-8-13(12)19-14;/h5-9,11,16H,4,10H2,1-3H3;1H. The van der Waals surface area contributed by atoms with Crippen LogP contribution in [-0.2, 0) is 4.79 Å². The molecule has 1 amide bonds. The average Bonchev–Trinajstić information content (AvgIpc) is 2.83. The molecule has 1 aromatic heterocycles. The molecule has 0 bridgehead atoms. The lowest BCUT2D eigenvalue weighted by Gasteiger charge is -2.26. The van der Waals surface area contributed by atoms with Crippen molar-refractivity contribution in [1.29, 1.82) is 0 Å². The smallest absolute Gasteiger partial charge is 0.237 e. The molecule has 0 spiro atoms. The lowest BCUT2D eigenvalue weighted by Crippen LogP contribution is -2.38. The average molecular weight is 297 g/mol. The highest BCUT2D eigenvalue weighted by Crippen LogP contribution is 2.27. The van der Waals surface area contributed by atoms with Crippen molar-refractivity contribution >= 4 is 29.3 Å². The van der Waals surface area contributed by atoms with Crippen molar-refractivity contribution in [2.75, 3.05) is 20.1 Å². The second-order valence-corrected chi connectivity index (χ2v) is 4.57. The molecule has 2 aromatic rings. The number of rotatable bonds is 5. The van der Waals surface area contributed by atoms with Gasteiger partial charge in [0.25, 0.3) is 0 Å². The zero-order valence-corrected chi connectivity index (χ0v) is 12.9. The minimum Gasteiger partial charge on any atom is -0.459 e. The highest BCUT2D eigenvalue weighted by molar-refractivity contribution is 5.85. The summed E-state index contributed by atoms with van der Waals surface area (Å²) in [6, 6.07) is 9.84. The molecule has 0 aliphatic heterocycles. The van der Waals surface area contributed by atoms with E-state index in [0.717, 1.165) is 16.7 Å². The Bertz CT molecular complexity index is 535. The Labute approximate surface area is 125 Å². The van der Waals surface area contributed by atoms with E-state index >= 15 is 0 Å². The van der Waals surface area contributed by atoms with Crippen molar-refractivity contribution in [1.82, 2.24) is 10.2 Å². The van der Waals surface area contributed by atoms with Gasteiger partial charge in [-0.05, 0) is 33.0 Å². The van der Waals surface area contributed by atoms with Crippen LogP contribution < -0.4 is 5.32 Å². The van der Waals surface area contributed by atoms with Crippen LogP contribution in [0.3, 0.4) is 0 Å². The first-order chi connectivity index (χ1) is 9.17. The van der Waals surface area contributed by atoms with E-state index in [9.17, 15) is 4.79 Å². The minimum atomic E-state index is -0.0572. The summed E-state index contributed by atoms with van der Waals surface area (Å²) in [5.74, 6) is 0.908. The van der Waals surface area contributed by atoms with Crippen LogP contribution in [0.2, 0.25) is 0 Å². The van der Waals surface area contributed by atoms with Crippen LogP contribution in [0.1, 0.15) is 25.6 Å². The second kappa shape index (κ2) is 7.31. The Morgan fingerprint density at radius 2 is 2.10 bits per heavy atom. The Hall–Kier alpha value is -1.52. The third kappa shape index (κ3) is 3.32. The molecule has 1 aromatic carbocycles. The normalized spacial score (nSPS) is 11.9. The maximum Gasteiger partial charge on any atom is 0.237 e. The first-order valence-corrected chi connectivity index (χ1v) is 6.60. The number of furan rings is 1. The van der Waals surface area contributed by atoms with Crippen LogP contribution in [0, 0.1) is 0 Å². The largest absolute Gasteiger partial charge is 0.459 e. The topological polar surface area (TPSA) is 45.5 Å². The van der Waals surface area contributed by atoms with Crippen molar-refractivity contribution in [2.45, 2.75) is 19.9 Å². The number of amides is 1. The summed E-state index contributed by atoms with van der Waals surface area (Å²) >= 11 is 0. The molecule has 1 heterocycles. The van der Waals surface area contributed by atoms with Crippen LogP contribution in [0.25, 0.3) is 11.0 Å². The van der Waals surface area contributed by atoms with E-state index in [1.807, 2.05) is 49.1 Å². The molecule has 1 unspecified atom stereocenters. The zero-order chi connectivity index (χ0) is 13.8. The quantitative estimate of drug-likeness (QED) is 0.922. The number of hydrogen-bond donors (Lipinski definition) is 1. The van der Waals surface area contributed by atoms with Gasteiger partial charge in [0.1, 0.15) is 11.3 Å². The van der Waals surface area contributed by atoms with Gasteiger partial charge in [-0.25, -0.2) is 0 Å². The Morgan fingerprint density at radius 3 is 2.70 bits per heavy atom. The van der Waals surface area contributed by atoms with Gasteiger partial charge in [-0.3, -0.25) is 4.79 Å². The maximum atomic E-state index is 12.0. The van der Waals surface area contributed by atoms with Gasteiger partial charge >= 0.3 is 0 Å². The van der Waals surface area contributed by atoms with Gasteiger partial charge in [-0.1, -0.05) is 18.2 Å². The van der Waals surface area contributed by atoms with E-state index < -0.39 is 0 Å². The van der Waals surface area contributed by atoms with Gasteiger partial charge in [0.15, 0.2) is 0 Å². The molecule has 0 aliphatic carbocycles. The summed E-state index contributed by atoms with van der Waals surface area (Å²) in [7, 11) is 1.78. The first-order valence-electron chi connectivity index (χ1n) is 6.60. The van der Waals surface area contributed by atoms with E-state index in [2.05, 4.69) is 5.32 Å². The fourth-order valence-electron chi connectivity index (χ4n) is 2.28. The van der Waals surface area contributed by atoms with Crippen LogP contribution >= 0.6 is 12.4 Å². The molecule has 5 heteroatoms.